The lowest BCUT2D eigenvalue weighted by molar-refractivity contribution is -0.601. The molecule has 1 rings (SSSR count). The van der Waals surface area contributed by atoms with Gasteiger partial charge >= 0.3 is 110 Å². The molecular weight excluding hydrogens is 1140 g/mol. The molecule has 0 aliphatic carbocycles. The molecule has 1 aromatic carbocycles. The average molecular weight is 1160 g/mol. The van der Waals surface area contributed by atoms with Gasteiger partial charge in [0, 0.05) is 18.5 Å². The second-order valence-corrected chi connectivity index (χ2v) is 12.8. The highest BCUT2D eigenvalue weighted by Crippen LogP contribution is 2.63. The number of hydrogen-bond donors (Lipinski definition) is 3. The van der Waals surface area contributed by atoms with Crippen molar-refractivity contribution in [2.24, 2.45) is 5.73 Å². The van der Waals surface area contributed by atoms with Crippen molar-refractivity contribution in [3.05, 3.63) is 29.8 Å². The number of carbonyl (C=O) groups is 1. The van der Waals surface area contributed by atoms with Crippen molar-refractivity contribution in [1.29, 1.82) is 0 Å². The molecule has 0 aromatic heterocycles. The van der Waals surface area contributed by atoms with Crippen LogP contribution in [0.5, 0.6) is 0 Å². The van der Waals surface area contributed by atoms with Gasteiger partial charge < -0.3 is 10.8 Å². The summed E-state index contributed by atoms with van der Waals surface area (Å²) in [6, 6.07) is -1.81. The fraction of sp³-hybridized carbons (Fsp3) is 0.731. The monoisotopic (exact) mass is 1160 g/mol. The highest BCUT2D eigenvalue weighted by Gasteiger charge is 2.91. The van der Waals surface area contributed by atoms with E-state index in [4.69, 9.17) is 5.73 Å². The molecule has 0 bridgehead atoms. The number of halogens is 35. The van der Waals surface area contributed by atoms with E-state index in [1.54, 1.807) is 0 Å². The normalized spacial score (nSPS) is 19.1. The Morgan fingerprint density at radius 2 is 0.708 bits per heavy atom. The van der Waals surface area contributed by atoms with Gasteiger partial charge in [0.2, 0.25) is 5.91 Å². The van der Waals surface area contributed by atoms with Crippen LogP contribution in [0.1, 0.15) is 12.0 Å². The molecule has 0 radical (unpaired) electrons. The number of hydroxylamine groups is 1. The molecule has 0 saturated heterocycles. The Kier molecular flexibility index (Phi) is 17.7. The Hall–Kier alpha value is -4.02. The zero-order valence-electron chi connectivity index (χ0n) is 31.9. The molecular formula is C26H12BF35N2O8. The predicted octanol–water partition coefficient (Wildman–Crippen LogP) is 9.61. The van der Waals surface area contributed by atoms with E-state index in [2.05, 4.69) is 4.76 Å². The van der Waals surface area contributed by atoms with Gasteiger partial charge in [-0.15, -0.1) is 0 Å². The van der Waals surface area contributed by atoms with Crippen molar-refractivity contribution in [3.8, 4) is 0 Å². The van der Waals surface area contributed by atoms with Crippen LogP contribution in [0.4, 0.5) is 154 Å². The Bertz CT molecular complexity index is 2020. The number of hydrogen-bond acceptors (Lipinski definition) is 9. The van der Waals surface area contributed by atoms with Crippen molar-refractivity contribution < 1.29 is 192 Å². The molecule has 4 N–H and O–H groups in total. The topological polar surface area (TPSA) is 131 Å². The van der Waals surface area contributed by atoms with Gasteiger partial charge in [-0.3, -0.25) is 33.2 Å². The van der Waals surface area contributed by atoms with Crippen molar-refractivity contribution >= 4 is 18.5 Å². The number of ether oxygens (including phenoxy) is 5. The maximum absolute atomic E-state index is 15.3. The van der Waals surface area contributed by atoms with Crippen LogP contribution >= 0.6 is 0 Å². The fourth-order valence-corrected chi connectivity index (χ4v) is 4.02. The van der Waals surface area contributed by atoms with Gasteiger partial charge in [0.05, 0.1) is 0 Å². The van der Waals surface area contributed by atoms with Crippen molar-refractivity contribution in [2.45, 2.75) is 109 Å². The van der Waals surface area contributed by atoms with Gasteiger partial charge in [0.25, 0.3) is 0 Å². The Morgan fingerprint density at radius 3 is 0.958 bits per heavy atom. The summed E-state index contributed by atoms with van der Waals surface area (Å²) in [5.74, 6) is -54.3. The smallest absolute Gasteiger partial charge is 0.422 e. The summed E-state index contributed by atoms with van der Waals surface area (Å²) < 4.78 is 493. The van der Waals surface area contributed by atoms with Crippen LogP contribution in [0.15, 0.2) is 24.3 Å². The van der Waals surface area contributed by atoms with E-state index < -0.39 is 152 Å². The van der Waals surface area contributed by atoms with E-state index in [-0.39, 0.29) is 12.1 Å². The van der Waals surface area contributed by atoms with Gasteiger partial charge in [-0.2, -0.15) is 154 Å². The van der Waals surface area contributed by atoms with Crippen molar-refractivity contribution in [3.63, 3.8) is 0 Å². The molecule has 10 nitrogen and oxygen atoms in total. The summed E-state index contributed by atoms with van der Waals surface area (Å²) in [5.41, 5.74) is 2.34. The van der Waals surface area contributed by atoms with E-state index >= 15 is 8.78 Å². The first-order chi connectivity index (χ1) is 31.1. The lowest BCUT2D eigenvalue weighted by atomic mass is 9.79. The number of rotatable bonds is 21. The number of nitrogens with one attached hydrogen (secondary N) is 1. The van der Waals surface area contributed by atoms with E-state index in [9.17, 15) is 155 Å². The fourth-order valence-electron chi connectivity index (χ4n) is 4.02. The van der Waals surface area contributed by atoms with Crippen molar-refractivity contribution in [1.82, 2.24) is 5.48 Å². The average Bonchev–Trinajstić information content (AvgIpc) is 3.13. The molecule has 72 heavy (non-hydrogen) atoms. The first-order valence-electron chi connectivity index (χ1n) is 16.2. The van der Waals surface area contributed by atoms with Crippen LogP contribution in [0.2, 0.25) is 0 Å². The molecule has 0 aliphatic rings. The first kappa shape index (κ1) is 66.0. The van der Waals surface area contributed by atoms with Crippen LogP contribution in [-0.2, 0) is 39.1 Å². The molecule has 0 saturated carbocycles. The summed E-state index contributed by atoms with van der Waals surface area (Å²) in [5, 5.41) is 9.73. The molecule has 0 fully saturated rings. The largest absolute Gasteiger partial charge is 0.514 e. The summed E-state index contributed by atoms with van der Waals surface area (Å²) >= 11 is 0. The zero-order valence-corrected chi connectivity index (χ0v) is 31.9. The number of alkyl halides is 35. The molecule has 0 spiro atoms. The minimum Gasteiger partial charge on any atom is -0.422 e. The molecule has 1 aromatic rings. The highest BCUT2D eigenvalue weighted by atomic mass is 19.5. The molecule has 1 amide bonds. The van der Waals surface area contributed by atoms with E-state index in [1.807, 2.05) is 4.74 Å². The second-order valence-electron chi connectivity index (χ2n) is 12.8. The third kappa shape index (κ3) is 11.9. The quantitative estimate of drug-likeness (QED) is 0.0626. The predicted molar refractivity (Wildman–Crippen MR) is 147 cm³/mol. The third-order valence-electron chi connectivity index (χ3n) is 7.61. The summed E-state index contributed by atoms with van der Waals surface area (Å²) in [4.78, 5) is 11.3. The Labute approximate surface area is 368 Å². The van der Waals surface area contributed by atoms with Crippen molar-refractivity contribution in [2.75, 3.05) is 6.54 Å². The van der Waals surface area contributed by atoms with E-state index in [0.29, 0.717) is 0 Å². The van der Waals surface area contributed by atoms with Crippen LogP contribution < -0.4 is 16.7 Å². The SMILES string of the molecule is NCCC(=O)NOB(O)c1ccc(C(F)(OC(F)(F)C(F)(OC(F)(F)C(F)(OC(F)(F)C(F)(OC(F)(F)C(F)(OC(F)(F)C(F)(F)C(F)(F)F)C(F)(F)F)C(F)(F)F)C(F)(F)F)C(F)(F)F)C(F)(F)F)cc1. The lowest BCUT2D eigenvalue weighted by Gasteiger charge is -2.44. The maximum atomic E-state index is 15.3. The van der Waals surface area contributed by atoms with Crippen LogP contribution in [0, 0.1) is 0 Å². The number of carbonyl (C=O) groups excluding carboxylic acids is 1. The first-order valence-corrected chi connectivity index (χ1v) is 16.2. The summed E-state index contributed by atoms with van der Waals surface area (Å²) in [7, 11) is -2.67. The zero-order chi connectivity index (χ0) is 58.0. The molecule has 5 unspecified atom stereocenters. The molecule has 422 valence electrons. The van der Waals surface area contributed by atoms with Gasteiger partial charge in [-0.1, -0.05) is 24.3 Å². The van der Waals surface area contributed by atoms with Crippen LogP contribution in [0.3, 0.4) is 0 Å². The van der Waals surface area contributed by atoms with Crippen LogP contribution in [-0.4, -0.2) is 122 Å². The van der Waals surface area contributed by atoms with Crippen LogP contribution in [0.25, 0.3) is 0 Å². The number of amides is 1. The third-order valence-corrected chi connectivity index (χ3v) is 7.61. The standard InChI is InChI=1S/C26H12BF35N2O8/c28-10(16(35,36)37,7-1-3-8(4-2-7)27(66)72-64-9(65)5-6-63)67-23(55,56)12(31,18(41,42)43)69-25(59,60)14(33,20(47,48)49)71-26(61,62)15(34,21(50,51)52)70-24(57,58)13(32,19(44,45)46)68-22(53,54)11(29,30)17(38,39)40/h1-4,66H,5-6,63H2,(H,64,65). The van der Waals surface area contributed by atoms with E-state index in [0.717, 1.165) is 18.9 Å². The Balaban J connectivity index is 4.14. The summed E-state index contributed by atoms with van der Waals surface area (Å²) in [6.07, 6.45) is -98.4. The van der Waals surface area contributed by atoms with Gasteiger partial charge in [0.15, 0.2) is 0 Å². The minimum atomic E-state index is -9.63. The molecule has 0 heterocycles. The minimum absolute atomic E-state index is 0.205. The Morgan fingerprint density at radius 1 is 0.431 bits per heavy atom. The second kappa shape index (κ2) is 19.3. The highest BCUT2D eigenvalue weighted by molar-refractivity contribution is 6.59. The number of nitrogens with two attached hydrogens (primary N) is 1. The molecule has 0 aliphatic heterocycles. The number of benzene rings is 1. The molecule has 46 heteroatoms. The lowest BCUT2D eigenvalue weighted by Crippen LogP contribution is -2.72. The van der Waals surface area contributed by atoms with Gasteiger partial charge in [-0.25, -0.2) is 5.48 Å². The van der Waals surface area contributed by atoms with Gasteiger partial charge in [-0.05, 0) is 5.46 Å². The van der Waals surface area contributed by atoms with Gasteiger partial charge in [0.1, 0.15) is 0 Å². The maximum Gasteiger partial charge on any atom is 0.514 e. The summed E-state index contributed by atoms with van der Waals surface area (Å²) in [6.45, 7) is -0.440. The van der Waals surface area contributed by atoms with E-state index in [1.165, 1.54) is 5.48 Å². The molecule has 5 atom stereocenters.